The minimum Gasteiger partial charge on any atom is -0.443 e. The third kappa shape index (κ3) is 6.16. The Balaban J connectivity index is 1.93. The molecule has 1 amide bonds. The first-order chi connectivity index (χ1) is 15.3. The maximum absolute atomic E-state index is 13.1. The second-order valence-electron chi connectivity index (χ2n) is 8.11. The molecule has 0 bridgehead atoms. The molecule has 8 nitrogen and oxygen atoms in total. The molecule has 0 saturated heterocycles. The van der Waals surface area contributed by atoms with Gasteiger partial charge in [0.05, 0.1) is 5.25 Å². The third-order valence-electron chi connectivity index (χ3n) is 4.26. The summed E-state index contributed by atoms with van der Waals surface area (Å²) < 4.78 is 6.90. The van der Waals surface area contributed by atoms with E-state index in [-0.39, 0.29) is 5.91 Å². The quantitative estimate of drug-likeness (QED) is 0.501. The fourth-order valence-corrected chi connectivity index (χ4v) is 4.01. The molecule has 0 aliphatic rings. The molecule has 0 saturated carbocycles. The maximum atomic E-state index is 13.1. The zero-order valence-electron chi connectivity index (χ0n) is 18.6. The van der Waals surface area contributed by atoms with E-state index in [9.17, 15) is 9.59 Å². The van der Waals surface area contributed by atoms with Gasteiger partial charge in [0.15, 0.2) is 5.82 Å². The van der Waals surface area contributed by atoms with Gasteiger partial charge in [-0.15, -0.1) is 10.2 Å². The zero-order valence-corrected chi connectivity index (χ0v) is 19.4. The van der Waals surface area contributed by atoms with Crippen LogP contribution in [0.15, 0.2) is 60.0 Å². The molecule has 0 radical (unpaired) electrons. The Labute approximate surface area is 191 Å². The van der Waals surface area contributed by atoms with Gasteiger partial charge in [-0.05, 0) is 51.5 Å². The number of ether oxygens (including phenoxy) is 1. The average Bonchev–Trinajstić information content (AvgIpc) is 3.17. The van der Waals surface area contributed by atoms with Crippen molar-refractivity contribution < 1.29 is 14.3 Å². The lowest BCUT2D eigenvalue weighted by atomic mass is 10.2. The molecule has 1 N–H and O–H groups in total. The lowest BCUT2D eigenvalue weighted by Crippen LogP contribution is -2.29. The number of aromatic nitrogens is 4. The van der Waals surface area contributed by atoms with Crippen LogP contribution in [0.25, 0.3) is 11.4 Å². The molecule has 2 heterocycles. The first-order valence-electron chi connectivity index (χ1n) is 10.4. The van der Waals surface area contributed by atoms with Crippen molar-refractivity contribution in [2.24, 2.45) is 0 Å². The molecule has 9 heteroatoms. The predicted molar refractivity (Wildman–Crippen MR) is 125 cm³/mol. The first-order valence-corrected chi connectivity index (χ1v) is 11.3. The van der Waals surface area contributed by atoms with Gasteiger partial charge < -0.3 is 10.1 Å². The SMILES string of the molecule is CCCC(Sc1nnc(-c2cccnc2)n1C(=O)OC(C)(C)C)C(=O)Nc1ccccc1. The fourth-order valence-electron chi connectivity index (χ4n) is 2.88. The molecule has 1 atom stereocenters. The number of pyridine rings is 1. The van der Waals surface area contributed by atoms with Crippen LogP contribution in [0.1, 0.15) is 40.5 Å². The van der Waals surface area contributed by atoms with E-state index < -0.39 is 16.9 Å². The monoisotopic (exact) mass is 453 g/mol. The number of carbonyl (C=O) groups is 2. The molecule has 32 heavy (non-hydrogen) atoms. The van der Waals surface area contributed by atoms with E-state index >= 15 is 0 Å². The summed E-state index contributed by atoms with van der Waals surface area (Å²) in [6, 6.07) is 12.8. The van der Waals surface area contributed by atoms with Gasteiger partial charge in [-0.1, -0.05) is 43.3 Å². The van der Waals surface area contributed by atoms with Gasteiger partial charge >= 0.3 is 6.09 Å². The van der Waals surface area contributed by atoms with Crippen LogP contribution in [0, 0.1) is 0 Å². The Kier molecular flexibility index (Phi) is 7.63. The predicted octanol–water partition coefficient (Wildman–Crippen LogP) is 5.02. The second-order valence-corrected chi connectivity index (χ2v) is 9.28. The number of anilines is 1. The van der Waals surface area contributed by atoms with E-state index in [1.165, 1.54) is 16.3 Å². The van der Waals surface area contributed by atoms with Gasteiger partial charge in [0, 0.05) is 23.6 Å². The van der Waals surface area contributed by atoms with E-state index in [4.69, 9.17) is 4.74 Å². The molecule has 2 aromatic heterocycles. The van der Waals surface area contributed by atoms with Crippen LogP contribution in [0.4, 0.5) is 10.5 Å². The number of para-hydroxylation sites is 1. The van der Waals surface area contributed by atoms with Crippen LogP contribution in [0.5, 0.6) is 0 Å². The van der Waals surface area contributed by atoms with Crippen molar-refractivity contribution in [3.05, 3.63) is 54.9 Å². The van der Waals surface area contributed by atoms with Crippen molar-refractivity contribution in [2.75, 3.05) is 5.32 Å². The van der Waals surface area contributed by atoms with E-state index in [2.05, 4.69) is 20.5 Å². The first kappa shape index (κ1) is 23.5. The van der Waals surface area contributed by atoms with Crippen LogP contribution in [0.3, 0.4) is 0 Å². The lowest BCUT2D eigenvalue weighted by Gasteiger charge is -2.21. The lowest BCUT2D eigenvalue weighted by molar-refractivity contribution is -0.115. The Bertz CT molecular complexity index is 1050. The van der Waals surface area contributed by atoms with Crippen molar-refractivity contribution in [1.29, 1.82) is 0 Å². The Morgan fingerprint density at radius 3 is 2.50 bits per heavy atom. The largest absolute Gasteiger partial charge is 0.443 e. The number of amides is 1. The molecule has 3 rings (SSSR count). The van der Waals surface area contributed by atoms with Crippen LogP contribution in [0.2, 0.25) is 0 Å². The van der Waals surface area contributed by atoms with Gasteiger partial charge in [-0.2, -0.15) is 0 Å². The third-order valence-corrected chi connectivity index (χ3v) is 5.47. The highest BCUT2D eigenvalue weighted by Gasteiger charge is 2.29. The molecular weight excluding hydrogens is 426 g/mol. The molecule has 168 valence electrons. The molecule has 1 aromatic carbocycles. The highest BCUT2D eigenvalue weighted by atomic mass is 32.2. The average molecular weight is 454 g/mol. The van der Waals surface area contributed by atoms with Crippen molar-refractivity contribution >= 4 is 29.4 Å². The number of hydrogen-bond acceptors (Lipinski definition) is 7. The van der Waals surface area contributed by atoms with Gasteiger partial charge in [0.25, 0.3) is 0 Å². The molecule has 0 aliphatic carbocycles. The minimum atomic E-state index is -0.705. The number of carbonyl (C=O) groups excluding carboxylic acids is 2. The molecule has 0 aliphatic heterocycles. The summed E-state index contributed by atoms with van der Waals surface area (Å²) in [6.45, 7) is 7.38. The number of thioether (sulfide) groups is 1. The Morgan fingerprint density at radius 2 is 1.88 bits per heavy atom. The topological polar surface area (TPSA) is 99.0 Å². The fraction of sp³-hybridized carbons (Fsp3) is 0.348. The van der Waals surface area contributed by atoms with E-state index in [0.717, 1.165) is 6.42 Å². The van der Waals surface area contributed by atoms with Crippen LogP contribution in [-0.4, -0.2) is 42.6 Å². The van der Waals surface area contributed by atoms with Crippen molar-refractivity contribution in [2.45, 2.75) is 56.5 Å². The number of nitrogens with one attached hydrogen (secondary N) is 1. The summed E-state index contributed by atoms with van der Waals surface area (Å²) in [4.78, 5) is 30.1. The second kappa shape index (κ2) is 10.4. The summed E-state index contributed by atoms with van der Waals surface area (Å²) in [5.41, 5.74) is 0.630. The maximum Gasteiger partial charge on any atom is 0.422 e. The molecule has 0 fully saturated rings. The Hall–Kier alpha value is -3.20. The van der Waals surface area contributed by atoms with Gasteiger partial charge in [-0.25, -0.2) is 9.36 Å². The van der Waals surface area contributed by atoms with Crippen molar-refractivity contribution in [3.8, 4) is 11.4 Å². The highest BCUT2D eigenvalue weighted by Crippen LogP contribution is 2.30. The van der Waals surface area contributed by atoms with E-state index in [0.29, 0.717) is 28.7 Å². The standard InChI is InChI=1S/C23H27N5O3S/c1-5-10-18(20(29)25-17-12-7-6-8-13-17)32-21-27-26-19(16-11-9-14-24-15-16)28(21)22(30)31-23(2,3)4/h6-9,11-15,18H,5,10H2,1-4H3,(H,25,29). The van der Waals surface area contributed by atoms with E-state index in [1.807, 2.05) is 37.3 Å². The summed E-state index contributed by atoms with van der Waals surface area (Å²) >= 11 is 1.19. The van der Waals surface area contributed by atoms with Crippen molar-refractivity contribution in [3.63, 3.8) is 0 Å². The Morgan fingerprint density at radius 1 is 1.12 bits per heavy atom. The van der Waals surface area contributed by atoms with Gasteiger partial charge in [0.1, 0.15) is 5.60 Å². The summed E-state index contributed by atoms with van der Waals surface area (Å²) in [6.07, 6.45) is 4.02. The number of benzene rings is 1. The zero-order chi connectivity index (χ0) is 23.1. The summed E-state index contributed by atoms with van der Waals surface area (Å²) in [7, 11) is 0. The molecule has 3 aromatic rings. The molecular formula is C23H27N5O3S. The summed E-state index contributed by atoms with van der Waals surface area (Å²) in [5, 5.41) is 11.2. The molecule has 1 unspecified atom stereocenters. The van der Waals surface area contributed by atoms with E-state index in [1.54, 1.807) is 45.3 Å². The van der Waals surface area contributed by atoms with Crippen LogP contribution in [-0.2, 0) is 9.53 Å². The van der Waals surface area contributed by atoms with Crippen molar-refractivity contribution in [1.82, 2.24) is 19.7 Å². The van der Waals surface area contributed by atoms with Crippen LogP contribution >= 0.6 is 11.8 Å². The van der Waals surface area contributed by atoms with Crippen LogP contribution < -0.4 is 5.32 Å². The smallest absolute Gasteiger partial charge is 0.422 e. The number of rotatable bonds is 7. The van der Waals surface area contributed by atoms with Gasteiger partial charge in [0.2, 0.25) is 11.1 Å². The number of hydrogen-bond donors (Lipinski definition) is 1. The highest BCUT2D eigenvalue weighted by molar-refractivity contribution is 8.00. The molecule has 0 spiro atoms. The number of nitrogens with zero attached hydrogens (tertiary/aromatic N) is 4. The minimum absolute atomic E-state index is 0.162. The summed E-state index contributed by atoms with van der Waals surface area (Å²) in [5.74, 6) is 0.151. The van der Waals surface area contributed by atoms with Gasteiger partial charge in [-0.3, -0.25) is 9.78 Å². The normalized spacial score (nSPS) is 12.2.